The van der Waals surface area contributed by atoms with E-state index in [1.807, 2.05) is 38.2 Å². The number of hydrogen-bond acceptors (Lipinski definition) is 5. The summed E-state index contributed by atoms with van der Waals surface area (Å²) in [6.45, 7) is 2.05. The molecule has 0 bridgehead atoms. The normalized spacial score (nSPS) is 13.0. The Labute approximate surface area is 108 Å². The molecule has 3 rings (SSSR count). The Morgan fingerprint density at radius 2 is 2.17 bits per heavy atom. The summed E-state index contributed by atoms with van der Waals surface area (Å²) in [5.41, 5.74) is 1.70. The van der Waals surface area contributed by atoms with E-state index in [2.05, 4.69) is 15.1 Å². The van der Waals surface area contributed by atoms with Crippen LogP contribution in [0.3, 0.4) is 0 Å². The lowest BCUT2D eigenvalue weighted by atomic mass is 10.3. The van der Waals surface area contributed by atoms with Gasteiger partial charge in [-0.3, -0.25) is 0 Å². The third kappa shape index (κ3) is 1.99. The Kier molecular flexibility index (Phi) is 2.79. The van der Waals surface area contributed by atoms with Gasteiger partial charge in [0.25, 0.3) is 0 Å². The average molecular weight is 260 g/mol. The summed E-state index contributed by atoms with van der Waals surface area (Å²) < 4.78 is 7.47. The molecule has 0 N–H and O–H groups in total. The zero-order chi connectivity index (χ0) is 12.5. The van der Waals surface area contributed by atoms with E-state index in [9.17, 15) is 0 Å². The number of benzene rings is 1. The van der Waals surface area contributed by atoms with E-state index in [-0.39, 0.29) is 5.25 Å². The number of oxazole rings is 1. The number of thioether (sulfide) groups is 1. The number of aromatic nitrogens is 4. The lowest BCUT2D eigenvalue weighted by Gasteiger charge is -2.05. The molecule has 3 aromatic rings. The van der Waals surface area contributed by atoms with Gasteiger partial charge in [0, 0.05) is 7.05 Å². The number of para-hydroxylation sites is 2. The highest BCUT2D eigenvalue weighted by Crippen LogP contribution is 2.33. The standard InChI is InChI=1S/C12H12N4OS/c1-8(18-12-13-7-14-16(12)2)11-15-9-5-3-4-6-10(9)17-11/h3-8H,1-2H3/t8-/m0/s1. The number of fused-ring (bicyclic) bond motifs is 1. The molecule has 6 heteroatoms. The van der Waals surface area contributed by atoms with E-state index in [4.69, 9.17) is 4.42 Å². The number of nitrogens with zero attached hydrogens (tertiary/aromatic N) is 4. The van der Waals surface area contributed by atoms with Gasteiger partial charge in [0.15, 0.2) is 10.7 Å². The quantitative estimate of drug-likeness (QED) is 0.678. The minimum Gasteiger partial charge on any atom is -0.439 e. The highest BCUT2D eigenvalue weighted by Gasteiger charge is 2.16. The molecular formula is C12H12N4OS. The van der Waals surface area contributed by atoms with Crippen LogP contribution >= 0.6 is 11.8 Å². The van der Waals surface area contributed by atoms with Crippen molar-refractivity contribution in [2.75, 3.05) is 0 Å². The maximum atomic E-state index is 5.73. The highest BCUT2D eigenvalue weighted by atomic mass is 32.2. The maximum absolute atomic E-state index is 5.73. The predicted octanol–water partition coefficient (Wildman–Crippen LogP) is 2.81. The number of rotatable bonds is 3. The van der Waals surface area contributed by atoms with Gasteiger partial charge >= 0.3 is 0 Å². The fourth-order valence-electron chi connectivity index (χ4n) is 1.66. The smallest absolute Gasteiger partial charge is 0.208 e. The molecule has 0 aliphatic carbocycles. The molecule has 5 nitrogen and oxygen atoms in total. The molecule has 2 heterocycles. The minimum atomic E-state index is 0.0975. The molecule has 0 saturated carbocycles. The lowest BCUT2D eigenvalue weighted by Crippen LogP contribution is -1.96. The SMILES string of the molecule is C[C@H](Sc1ncnn1C)c1nc2ccccc2o1. The predicted molar refractivity (Wildman–Crippen MR) is 69.3 cm³/mol. The van der Waals surface area contributed by atoms with E-state index in [1.165, 1.54) is 0 Å². The fraction of sp³-hybridized carbons (Fsp3) is 0.250. The molecule has 92 valence electrons. The topological polar surface area (TPSA) is 56.7 Å². The second-order valence-electron chi connectivity index (χ2n) is 3.95. The Morgan fingerprint density at radius 3 is 2.89 bits per heavy atom. The Hall–Kier alpha value is -1.82. The van der Waals surface area contributed by atoms with Crippen molar-refractivity contribution in [1.82, 2.24) is 19.7 Å². The van der Waals surface area contributed by atoms with Crippen LogP contribution in [0.4, 0.5) is 0 Å². The van der Waals surface area contributed by atoms with E-state index in [1.54, 1.807) is 22.8 Å². The van der Waals surface area contributed by atoms with Gasteiger partial charge in [-0.05, 0) is 19.1 Å². The van der Waals surface area contributed by atoms with Gasteiger partial charge in [-0.25, -0.2) is 14.6 Å². The summed E-state index contributed by atoms with van der Waals surface area (Å²) in [7, 11) is 1.87. The summed E-state index contributed by atoms with van der Waals surface area (Å²) in [4.78, 5) is 8.66. The maximum Gasteiger partial charge on any atom is 0.208 e. The van der Waals surface area contributed by atoms with E-state index in [0.29, 0.717) is 5.89 Å². The van der Waals surface area contributed by atoms with Crippen molar-refractivity contribution in [1.29, 1.82) is 0 Å². The van der Waals surface area contributed by atoms with Gasteiger partial charge in [-0.1, -0.05) is 23.9 Å². The molecule has 0 spiro atoms. The molecule has 0 aliphatic heterocycles. The van der Waals surface area contributed by atoms with Crippen LogP contribution < -0.4 is 0 Å². The molecule has 0 amide bonds. The van der Waals surface area contributed by atoms with Crippen molar-refractivity contribution in [3.63, 3.8) is 0 Å². The summed E-state index contributed by atoms with van der Waals surface area (Å²) >= 11 is 1.58. The van der Waals surface area contributed by atoms with Crippen LogP contribution in [-0.2, 0) is 7.05 Å². The fourth-order valence-corrected chi connectivity index (χ4v) is 2.49. The monoisotopic (exact) mass is 260 g/mol. The molecule has 0 fully saturated rings. The van der Waals surface area contributed by atoms with Crippen LogP contribution in [-0.4, -0.2) is 19.7 Å². The molecule has 1 atom stereocenters. The van der Waals surface area contributed by atoms with Crippen molar-refractivity contribution in [3.8, 4) is 0 Å². The summed E-state index contributed by atoms with van der Waals surface area (Å²) in [6, 6.07) is 7.76. The van der Waals surface area contributed by atoms with Gasteiger partial charge in [0.1, 0.15) is 11.8 Å². The third-order valence-corrected chi connectivity index (χ3v) is 3.75. The number of aryl methyl sites for hydroxylation is 1. The van der Waals surface area contributed by atoms with Gasteiger partial charge in [-0.15, -0.1) is 0 Å². The van der Waals surface area contributed by atoms with Crippen molar-refractivity contribution < 1.29 is 4.42 Å². The van der Waals surface area contributed by atoms with Gasteiger partial charge < -0.3 is 4.42 Å². The van der Waals surface area contributed by atoms with Crippen LogP contribution in [0, 0.1) is 0 Å². The molecular weight excluding hydrogens is 248 g/mol. The van der Waals surface area contributed by atoms with Crippen molar-refractivity contribution in [3.05, 3.63) is 36.5 Å². The minimum absolute atomic E-state index is 0.0975. The zero-order valence-electron chi connectivity index (χ0n) is 10.1. The molecule has 2 aromatic heterocycles. The number of hydrogen-bond donors (Lipinski definition) is 0. The van der Waals surface area contributed by atoms with E-state index in [0.717, 1.165) is 16.3 Å². The second kappa shape index (κ2) is 4.45. The highest BCUT2D eigenvalue weighted by molar-refractivity contribution is 7.99. The first kappa shape index (κ1) is 11.3. The van der Waals surface area contributed by atoms with Crippen LogP contribution in [0.25, 0.3) is 11.1 Å². The third-order valence-electron chi connectivity index (χ3n) is 2.61. The van der Waals surface area contributed by atoms with Crippen LogP contribution in [0.2, 0.25) is 0 Å². The van der Waals surface area contributed by atoms with Gasteiger partial charge in [-0.2, -0.15) is 5.10 Å². The lowest BCUT2D eigenvalue weighted by molar-refractivity contribution is 0.533. The summed E-state index contributed by atoms with van der Waals surface area (Å²) in [6.07, 6.45) is 1.54. The Morgan fingerprint density at radius 1 is 1.33 bits per heavy atom. The van der Waals surface area contributed by atoms with Gasteiger partial charge in [0.2, 0.25) is 5.89 Å². The molecule has 0 aliphatic rings. The van der Waals surface area contributed by atoms with Crippen molar-refractivity contribution in [2.45, 2.75) is 17.3 Å². The van der Waals surface area contributed by atoms with Crippen LogP contribution in [0.1, 0.15) is 18.1 Å². The molecule has 18 heavy (non-hydrogen) atoms. The first-order valence-corrected chi connectivity index (χ1v) is 6.48. The van der Waals surface area contributed by atoms with E-state index < -0.39 is 0 Å². The zero-order valence-corrected chi connectivity index (χ0v) is 10.9. The first-order valence-electron chi connectivity index (χ1n) is 5.60. The van der Waals surface area contributed by atoms with Crippen LogP contribution in [0.15, 0.2) is 40.2 Å². The largest absolute Gasteiger partial charge is 0.439 e. The van der Waals surface area contributed by atoms with Crippen molar-refractivity contribution >= 4 is 22.9 Å². The molecule has 0 saturated heterocycles. The second-order valence-corrected chi connectivity index (χ2v) is 5.25. The Balaban J connectivity index is 1.88. The molecule has 0 unspecified atom stereocenters. The first-order chi connectivity index (χ1) is 8.74. The van der Waals surface area contributed by atoms with Gasteiger partial charge in [0.05, 0.1) is 5.25 Å². The Bertz CT molecular complexity index is 642. The molecule has 1 aromatic carbocycles. The molecule has 0 radical (unpaired) electrons. The van der Waals surface area contributed by atoms with E-state index >= 15 is 0 Å². The van der Waals surface area contributed by atoms with Crippen LogP contribution in [0.5, 0.6) is 0 Å². The summed E-state index contributed by atoms with van der Waals surface area (Å²) in [5, 5.41) is 4.99. The average Bonchev–Trinajstić information content (AvgIpc) is 2.96. The summed E-state index contributed by atoms with van der Waals surface area (Å²) in [5.74, 6) is 0.712. The van der Waals surface area contributed by atoms with Crippen molar-refractivity contribution in [2.24, 2.45) is 7.05 Å².